The van der Waals surface area contributed by atoms with E-state index in [4.69, 9.17) is 10.5 Å². The number of anilines is 1. The molecule has 0 aliphatic heterocycles. The van der Waals surface area contributed by atoms with Crippen LogP contribution in [0, 0.1) is 6.92 Å². The first-order chi connectivity index (χ1) is 15.0. The highest BCUT2D eigenvalue weighted by Crippen LogP contribution is 2.48. The standard InChI is InChI=1S/C22H26F3N3O4/c1-13-8-15(12-28(2)19(13)29)14-4-5-17(21(20(26)30)10-16(11-21)31-3)18(9-14)27-6-7-32-22(23,24)25/h4-5,8-9,12,16,27H,6-7,10-11H2,1-3H3,(H2,26,30). The average Bonchev–Trinajstić information content (AvgIpc) is 2.68. The Morgan fingerprint density at radius 3 is 2.53 bits per heavy atom. The molecule has 1 amide bonds. The Kier molecular flexibility index (Phi) is 6.66. The van der Waals surface area contributed by atoms with Crippen LogP contribution >= 0.6 is 0 Å². The van der Waals surface area contributed by atoms with E-state index in [1.165, 1.54) is 4.57 Å². The number of benzene rings is 1. The second-order valence-corrected chi connectivity index (χ2v) is 8.02. The van der Waals surface area contributed by atoms with Crippen molar-refractivity contribution in [1.29, 1.82) is 0 Å². The molecule has 1 heterocycles. The molecule has 7 nitrogen and oxygen atoms in total. The zero-order valence-corrected chi connectivity index (χ0v) is 18.1. The fraction of sp³-hybridized carbons (Fsp3) is 0.455. The van der Waals surface area contributed by atoms with E-state index >= 15 is 0 Å². The third-order valence-corrected chi connectivity index (χ3v) is 5.87. The number of hydrogen-bond acceptors (Lipinski definition) is 5. The molecule has 32 heavy (non-hydrogen) atoms. The zero-order chi connectivity index (χ0) is 23.7. The summed E-state index contributed by atoms with van der Waals surface area (Å²) in [5.41, 5.74) is 7.74. The maximum atomic E-state index is 12.4. The number of pyridine rings is 1. The first-order valence-electron chi connectivity index (χ1n) is 10.1. The summed E-state index contributed by atoms with van der Waals surface area (Å²) in [4.78, 5) is 24.4. The molecule has 10 heteroatoms. The van der Waals surface area contributed by atoms with Gasteiger partial charge in [-0.2, -0.15) is 0 Å². The number of primary amides is 1. The normalized spacial score (nSPS) is 20.6. The number of aromatic nitrogens is 1. The van der Waals surface area contributed by atoms with Crippen LogP contribution in [0.1, 0.15) is 24.0 Å². The molecule has 0 spiro atoms. The molecule has 1 aliphatic rings. The highest BCUT2D eigenvalue weighted by atomic mass is 19.4. The van der Waals surface area contributed by atoms with Gasteiger partial charge in [-0.25, -0.2) is 0 Å². The lowest BCUT2D eigenvalue weighted by Crippen LogP contribution is -2.54. The third-order valence-electron chi connectivity index (χ3n) is 5.87. The van der Waals surface area contributed by atoms with Crippen molar-refractivity contribution in [2.45, 2.75) is 37.6 Å². The van der Waals surface area contributed by atoms with E-state index in [9.17, 15) is 22.8 Å². The Morgan fingerprint density at radius 1 is 1.28 bits per heavy atom. The lowest BCUT2D eigenvalue weighted by atomic mass is 9.61. The van der Waals surface area contributed by atoms with Gasteiger partial charge >= 0.3 is 6.36 Å². The second kappa shape index (κ2) is 8.95. The molecular weight excluding hydrogens is 427 g/mol. The van der Waals surface area contributed by atoms with Crippen LogP contribution in [0.2, 0.25) is 0 Å². The summed E-state index contributed by atoms with van der Waals surface area (Å²) in [7, 11) is 3.19. The molecule has 1 aromatic carbocycles. The molecule has 0 saturated heterocycles. The molecule has 0 radical (unpaired) electrons. The number of hydrogen-bond donors (Lipinski definition) is 2. The van der Waals surface area contributed by atoms with E-state index in [1.807, 2.05) is 0 Å². The van der Waals surface area contributed by atoms with Crippen molar-refractivity contribution in [3.63, 3.8) is 0 Å². The van der Waals surface area contributed by atoms with Crippen LogP contribution in [-0.2, 0) is 26.7 Å². The van der Waals surface area contributed by atoms with Crippen LogP contribution in [0.4, 0.5) is 18.9 Å². The van der Waals surface area contributed by atoms with Crippen molar-refractivity contribution < 1.29 is 27.4 Å². The molecule has 0 atom stereocenters. The van der Waals surface area contributed by atoms with Gasteiger partial charge in [-0.3, -0.25) is 14.3 Å². The van der Waals surface area contributed by atoms with Crippen LogP contribution in [0.25, 0.3) is 11.1 Å². The molecular formula is C22H26F3N3O4. The zero-order valence-electron chi connectivity index (χ0n) is 18.1. The van der Waals surface area contributed by atoms with Crippen LogP contribution < -0.4 is 16.6 Å². The molecule has 174 valence electrons. The lowest BCUT2D eigenvalue weighted by Gasteiger charge is -2.45. The minimum absolute atomic E-state index is 0.124. The van der Waals surface area contributed by atoms with Crippen LogP contribution in [0.15, 0.2) is 35.3 Å². The van der Waals surface area contributed by atoms with E-state index in [1.54, 1.807) is 51.5 Å². The van der Waals surface area contributed by atoms with E-state index in [0.29, 0.717) is 29.7 Å². The quantitative estimate of drug-likeness (QED) is 0.600. The summed E-state index contributed by atoms with van der Waals surface area (Å²) in [6.07, 6.45) is -2.42. The summed E-state index contributed by atoms with van der Waals surface area (Å²) in [5, 5.41) is 2.96. The summed E-state index contributed by atoms with van der Waals surface area (Å²) in [6.45, 7) is 0.969. The molecule has 1 fully saturated rings. The number of alkyl halides is 3. The van der Waals surface area contributed by atoms with E-state index in [0.717, 1.165) is 11.1 Å². The van der Waals surface area contributed by atoms with Crippen molar-refractivity contribution >= 4 is 11.6 Å². The minimum Gasteiger partial charge on any atom is -0.382 e. The van der Waals surface area contributed by atoms with Crippen LogP contribution in [-0.4, -0.2) is 43.2 Å². The van der Waals surface area contributed by atoms with Crippen molar-refractivity contribution in [3.8, 4) is 11.1 Å². The van der Waals surface area contributed by atoms with E-state index in [-0.39, 0.29) is 18.2 Å². The number of nitrogens with zero attached hydrogens (tertiary/aromatic N) is 1. The molecule has 3 N–H and O–H groups in total. The predicted molar refractivity (Wildman–Crippen MR) is 113 cm³/mol. The van der Waals surface area contributed by atoms with Crippen molar-refractivity contribution in [2.75, 3.05) is 25.6 Å². The van der Waals surface area contributed by atoms with Crippen molar-refractivity contribution in [1.82, 2.24) is 4.57 Å². The SMILES string of the molecule is COC1CC(C(N)=O)(c2ccc(-c3cc(C)c(=O)n(C)c3)cc2NCCOC(F)(F)F)C1. The summed E-state index contributed by atoms with van der Waals surface area (Å²) >= 11 is 0. The Balaban J connectivity index is 1.99. The number of halogens is 3. The maximum Gasteiger partial charge on any atom is 0.522 e. The number of carbonyl (C=O) groups excluding carboxylic acids is 1. The molecule has 3 rings (SSSR count). The van der Waals surface area contributed by atoms with Gasteiger partial charge in [-0.05, 0) is 48.6 Å². The number of ether oxygens (including phenoxy) is 2. The first kappa shape index (κ1) is 23.8. The molecule has 1 aliphatic carbocycles. The summed E-state index contributed by atoms with van der Waals surface area (Å²) in [6, 6.07) is 7.03. The van der Waals surface area contributed by atoms with Gasteiger partial charge < -0.3 is 20.4 Å². The average molecular weight is 453 g/mol. The number of nitrogens with one attached hydrogen (secondary N) is 1. The lowest BCUT2D eigenvalue weighted by molar-refractivity contribution is -0.322. The van der Waals surface area contributed by atoms with Gasteiger partial charge in [0.2, 0.25) is 5.91 Å². The van der Waals surface area contributed by atoms with Crippen molar-refractivity contribution in [3.05, 3.63) is 51.9 Å². The van der Waals surface area contributed by atoms with Gasteiger partial charge in [-0.1, -0.05) is 12.1 Å². The summed E-state index contributed by atoms with van der Waals surface area (Å²) < 4.78 is 47.6. The monoisotopic (exact) mass is 453 g/mol. The fourth-order valence-electron chi connectivity index (χ4n) is 4.11. The molecule has 0 bridgehead atoms. The summed E-state index contributed by atoms with van der Waals surface area (Å²) in [5.74, 6) is -0.522. The third kappa shape index (κ3) is 4.81. The maximum absolute atomic E-state index is 12.4. The predicted octanol–water partition coefficient (Wildman–Crippen LogP) is 2.84. The smallest absolute Gasteiger partial charge is 0.382 e. The Morgan fingerprint density at radius 2 is 1.97 bits per heavy atom. The Labute approximate surface area is 183 Å². The van der Waals surface area contributed by atoms with Crippen molar-refractivity contribution in [2.24, 2.45) is 12.8 Å². The molecule has 0 unspecified atom stereocenters. The number of methoxy groups -OCH3 is 1. The minimum atomic E-state index is -4.73. The number of nitrogens with two attached hydrogens (primary N) is 1. The largest absolute Gasteiger partial charge is 0.522 e. The van der Waals surface area contributed by atoms with Gasteiger partial charge in [0.25, 0.3) is 5.56 Å². The van der Waals surface area contributed by atoms with Crippen LogP contribution in [0.3, 0.4) is 0 Å². The van der Waals surface area contributed by atoms with Gasteiger partial charge in [0.05, 0.1) is 18.1 Å². The number of rotatable bonds is 8. The van der Waals surface area contributed by atoms with E-state index in [2.05, 4.69) is 10.1 Å². The fourth-order valence-corrected chi connectivity index (χ4v) is 4.11. The highest BCUT2D eigenvalue weighted by Gasteiger charge is 2.51. The van der Waals surface area contributed by atoms with Gasteiger partial charge in [0, 0.05) is 38.1 Å². The number of amides is 1. The molecule has 2 aromatic rings. The second-order valence-electron chi connectivity index (χ2n) is 8.02. The highest BCUT2D eigenvalue weighted by molar-refractivity contribution is 5.91. The number of carbonyl (C=O) groups is 1. The molecule has 1 saturated carbocycles. The Bertz CT molecular complexity index is 1030. The van der Waals surface area contributed by atoms with E-state index < -0.39 is 24.3 Å². The topological polar surface area (TPSA) is 95.6 Å². The Hall–Kier alpha value is -2.85. The molecule has 1 aromatic heterocycles. The van der Waals surface area contributed by atoms with Gasteiger partial charge in [0.15, 0.2) is 0 Å². The van der Waals surface area contributed by atoms with Gasteiger partial charge in [-0.15, -0.1) is 13.2 Å². The first-order valence-corrected chi connectivity index (χ1v) is 10.1. The van der Waals surface area contributed by atoms with Crippen LogP contribution in [0.5, 0.6) is 0 Å². The number of aryl methyl sites for hydroxylation is 2. The van der Waals surface area contributed by atoms with Gasteiger partial charge in [0.1, 0.15) is 0 Å².